The maximum absolute atomic E-state index is 12.7. The van der Waals surface area contributed by atoms with E-state index >= 15 is 0 Å². The summed E-state index contributed by atoms with van der Waals surface area (Å²) in [6.07, 6.45) is 4.42. The van der Waals surface area contributed by atoms with Crippen molar-refractivity contribution >= 4 is 46.3 Å². The summed E-state index contributed by atoms with van der Waals surface area (Å²) < 4.78 is 5.72. The van der Waals surface area contributed by atoms with Crippen LogP contribution in [0.3, 0.4) is 0 Å². The smallest absolute Gasteiger partial charge is 0.246 e. The maximum Gasteiger partial charge on any atom is 0.246 e. The Kier molecular flexibility index (Phi) is 6.62. The molecule has 2 amide bonds. The molecule has 0 saturated carbocycles. The highest BCUT2D eigenvalue weighted by molar-refractivity contribution is 6.31. The highest BCUT2D eigenvalue weighted by Crippen LogP contribution is 2.22. The average molecular weight is 457 g/mol. The highest BCUT2D eigenvalue weighted by Gasteiger charge is 2.24. The molecule has 1 aromatic carbocycles. The van der Waals surface area contributed by atoms with Gasteiger partial charge >= 0.3 is 0 Å². The first-order chi connectivity index (χ1) is 15.5. The van der Waals surface area contributed by atoms with Gasteiger partial charge in [-0.25, -0.2) is 4.98 Å². The zero-order valence-electron chi connectivity index (χ0n) is 17.3. The number of rotatable bonds is 6. The van der Waals surface area contributed by atoms with E-state index in [1.807, 2.05) is 0 Å². The summed E-state index contributed by atoms with van der Waals surface area (Å²) in [5.74, 6) is -0.394. The fraction of sp³-hybridized carbons (Fsp3) is 0.286. The minimum atomic E-state index is -0.325. The summed E-state index contributed by atoms with van der Waals surface area (Å²) >= 11 is 6.01. The Bertz CT molecular complexity index is 1160. The minimum absolute atomic E-state index is 0.171. The van der Waals surface area contributed by atoms with Crippen LogP contribution in [0, 0.1) is 0 Å². The molecule has 1 atom stereocenters. The second kappa shape index (κ2) is 9.75. The SMILES string of the molecule is CC(=O)Nc1cc(Cl)ccc1/C=C/C(=O)N1CCOC(COn2nnc3cccnc32)C1. The number of fused-ring (bicyclic) bond motifs is 1. The van der Waals surface area contributed by atoms with Gasteiger partial charge in [0.25, 0.3) is 0 Å². The van der Waals surface area contributed by atoms with Crippen LogP contribution in [-0.2, 0) is 14.3 Å². The number of amides is 2. The number of carbonyl (C=O) groups excluding carboxylic acids is 2. The van der Waals surface area contributed by atoms with Crippen LogP contribution in [0.4, 0.5) is 5.69 Å². The van der Waals surface area contributed by atoms with Crippen molar-refractivity contribution in [2.75, 3.05) is 31.6 Å². The van der Waals surface area contributed by atoms with Crippen LogP contribution in [0.5, 0.6) is 0 Å². The Labute approximate surface area is 188 Å². The summed E-state index contributed by atoms with van der Waals surface area (Å²) in [7, 11) is 0. The van der Waals surface area contributed by atoms with E-state index in [0.717, 1.165) is 0 Å². The second-order valence-electron chi connectivity index (χ2n) is 7.13. The van der Waals surface area contributed by atoms with Crippen molar-refractivity contribution in [3.63, 3.8) is 0 Å². The predicted molar refractivity (Wildman–Crippen MR) is 118 cm³/mol. The lowest BCUT2D eigenvalue weighted by Crippen LogP contribution is -2.47. The van der Waals surface area contributed by atoms with Gasteiger partial charge in [0.05, 0.1) is 13.2 Å². The summed E-state index contributed by atoms with van der Waals surface area (Å²) in [5.41, 5.74) is 2.35. The third-order valence-corrected chi connectivity index (χ3v) is 4.98. The van der Waals surface area contributed by atoms with E-state index in [-0.39, 0.29) is 24.5 Å². The standard InChI is InChI=1S/C21H21ClN6O4/c1-14(29)24-19-11-16(22)6-4-15(19)5-7-20(30)27-9-10-31-17(12-27)13-32-28-21-18(25-26-28)3-2-8-23-21/h2-8,11,17H,9-10,12-13H2,1H3,(H,24,29)/b7-5+. The number of nitrogens with zero attached hydrogens (tertiary/aromatic N) is 5. The molecule has 1 unspecified atom stereocenters. The minimum Gasteiger partial charge on any atom is -0.391 e. The van der Waals surface area contributed by atoms with Crippen molar-refractivity contribution in [3.05, 3.63) is 53.2 Å². The molecule has 0 bridgehead atoms. The molecule has 2 aromatic heterocycles. The van der Waals surface area contributed by atoms with Crippen molar-refractivity contribution in [1.29, 1.82) is 0 Å². The van der Waals surface area contributed by atoms with Crippen molar-refractivity contribution in [2.45, 2.75) is 13.0 Å². The molecule has 32 heavy (non-hydrogen) atoms. The van der Waals surface area contributed by atoms with Crippen molar-refractivity contribution in [1.82, 2.24) is 25.0 Å². The van der Waals surface area contributed by atoms with E-state index in [0.29, 0.717) is 47.1 Å². The molecule has 1 fully saturated rings. The summed E-state index contributed by atoms with van der Waals surface area (Å²) in [6, 6.07) is 8.63. The number of halogens is 1. The lowest BCUT2D eigenvalue weighted by molar-refractivity contribution is -0.136. The summed E-state index contributed by atoms with van der Waals surface area (Å²) in [5, 5.41) is 11.1. The average Bonchev–Trinajstić information content (AvgIpc) is 3.20. The number of pyridine rings is 1. The number of aromatic nitrogens is 4. The molecule has 3 heterocycles. The summed E-state index contributed by atoms with van der Waals surface area (Å²) in [4.78, 5) is 36.9. The molecule has 1 saturated heterocycles. The molecule has 1 aliphatic rings. The number of benzene rings is 1. The number of nitrogens with one attached hydrogen (secondary N) is 1. The molecule has 0 spiro atoms. The fourth-order valence-electron chi connectivity index (χ4n) is 3.24. The van der Waals surface area contributed by atoms with Crippen LogP contribution in [0.25, 0.3) is 17.2 Å². The number of ether oxygens (including phenoxy) is 1. The predicted octanol–water partition coefficient (Wildman–Crippen LogP) is 1.81. The molecule has 0 aliphatic carbocycles. The molecule has 1 aliphatic heterocycles. The van der Waals surface area contributed by atoms with Crippen molar-refractivity contribution in [3.8, 4) is 0 Å². The molecule has 3 aromatic rings. The molecule has 4 rings (SSSR count). The summed E-state index contributed by atoms with van der Waals surface area (Å²) in [6.45, 7) is 2.82. The largest absolute Gasteiger partial charge is 0.391 e. The molecule has 10 nitrogen and oxygen atoms in total. The van der Waals surface area contributed by atoms with E-state index in [4.69, 9.17) is 21.2 Å². The molecular formula is C21H21ClN6O4. The van der Waals surface area contributed by atoms with Crippen LogP contribution < -0.4 is 10.2 Å². The van der Waals surface area contributed by atoms with Crippen molar-refractivity contribution < 1.29 is 19.2 Å². The quantitative estimate of drug-likeness (QED) is 0.563. The van der Waals surface area contributed by atoms with Gasteiger partial charge in [-0.15, -0.1) is 5.10 Å². The normalized spacial score (nSPS) is 16.4. The van der Waals surface area contributed by atoms with E-state index in [2.05, 4.69) is 20.6 Å². The van der Waals surface area contributed by atoms with E-state index in [9.17, 15) is 9.59 Å². The van der Waals surface area contributed by atoms with Gasteiger partial charge in [0, 0.05) is 36.5 Å². The van der Waals surface area contributed by atoms with E-state index < -0.39 is 0 Å². The first-order valence-corrected chi connectivity index (χ1v) is 10.3. The lowest BCUT2D eigenvalue weighted by Gasteiger charge is -2.31. The van der Waals surface area contributed by atoms with Crippen LogP contribution in [-0.4, -0.2) is 69.3 Å². The van der Waals surface area contributed by atoms with Crippen LogP contribution in [0.2, 0.25) is 5.02 Å². The zero-order chi connectivity index (χ0) is 22.5. The molecule has 1 N–H and O–H groups in total. The van der Waals surface area contributed by atoms with Gasteiger partial charge in [0.1, 0.15) is 18.2 Å². The van der Waals surface area contributed by atoms with Crippen LogP contribution >= 0.6 is 11.6 Å². The Hall–Kier alpha value is -3.50. The highest BCUT2D eigenvalue weighted by atomic mass is 35.5. The first-order valence-electron chi connectivity index (χ1n) is 9.95. The van der Waals surface area contributed by atoms with E-state index in [1.54, 1.807) is 47.5 Å². The zero-order valence-corrected chi connectivity index (χ0v) is 18.0. The van der Waals surface area contributed by atoms with Gasteiger partial charge in [0.15, 0.2) is 0 Å². The second-order valence-corrected chi connectivity index (χ2v) is 7.56. The van der Waals surface area contributed by atoms with Gasteiger partial charge < -0.3 is 19.8 Å². The van der Waals surface area contributed by atoms with Crippen LogP contribution in [0.1, 0.15) is 12.5 Å². The number of hydrogen-bond acceptors (Lipinski definition) is 7. The van der Waals surface area contributed by atoms with Gasteiger partial charge in [-0.2, -0.15) is 0 Å². The topological polar surface area (TPSA) is 111 Å². The Morgan fingerprint density at radius 1 is 1.38 bits per heavy atom. The molecule has 11 heteroatoms. The molecule has 166 valence electrons. The maximum atomic E-state index is 12.7. The number of anilines is 1. The fourth-order valence-corrected chi connectivity index (χ4v) is 3.42. The Balaban J connectivity index is 1.37. The van der Waals surface area contributed by atoms with Gasteiger partial charge in [-0.05, 0) is 41.1 Å². The molecular weight excluding hydrogens is 436 g/mol. The van der Waals surface area contributed by atoms with E-state index in [1.165, 1.54) is 17.8 Å². The number of morpholine rings is 1. The Morgan fingerprint density at radius 3 is 3.09 bits per heavy atom. The number of carbonyl (C=O) groups is 2. The first kappa shape index (κ1) is 21.7. The third kappa shape index (κ3) is 5.21. The van der Waals surface area contributed by atoms with Crippen molar-refractivity contribution in [2.24, 2.45) is 0 Å². The monoisotopic (exact) mass is 456 g/mol. The van der Waals surface area contributed by atoms with Gasteiger partial charge in [-0.3, -0.25) is 9.59 Å². The van der Waals surface area contributed by atoms with Crippen LogP contribution in [0.15, 0.2) is 42.6 Å². The van der Waals surface area contributed by atoms with Gasteiger partial charge in [0.2, 0.25) is 17.5 Å². The van der Waals surface area contributed by atoms with Gasteiger partial charge in [-0.1, -0.05) is 22.5 Å². The Morgan fingerprint density at radius 2 is 2.25 bits per heavy atom. The number of hydrogen-bond donors (Lipinski definition) is 1. The molecule has 0 radical (unpaired) electrons. The third-order valence-electron chi connectivity index (χ3n) is 4.75. The lowest BCUT2D eigenvalue weighted by atomic mass is 10.1.